The molecule has 2 aliphatic heterocycles. The van der Waals surface area contributed by atoms with Gasteiger partial charge in [0.25, 0.3) is 5.91 Å². The highest BCUT2D eigenvalue weighted by Gasteiger charge is 2.48. The summed E-state index contributed by atoms with van der Waals surface area (Å²) in [7, 11) is 0. The van der Waals surface area contributed by atoms with Gasteiger partial charge in [0.15, 0.2) is 0 Å². The Hall–Kier alpha value is -2.37. The molecule has 2 saturated heterocycles. The molecular formula is C20H24FN3O2. The van der Waals surface area contributed by atoms with Gasteiger partial charge in [-0.1, -0.05) is 5.16 Å². The van der Waals surface area contributed by atoms with Crippen molar-refractivity contribution in [3.05, 3.63) is 47.6 Å². The third-order valence-corrected chi connectivity index (χ3v) is 5.81. The molecule has 2 atom stereocenters. The van der Waals surface area contributed by atoms with E-state index in [0.717, 1.165) is 25.1 Å². The molecule has 1 aromatic carbocycles. The fourth-order valence-electron chi connectivity index (χ4n) is 4.74. The Bertz CT molecular complexity index is 815. The number of likely N-dealkylation sites (tertiary alicyclic amines) is 1. The van der Waals surface area contributed by atoms with Crippen LogP contribution in [0.3, 0.4) is 0 Å². The van der Waals surface area contributed by atoms with Crippen LogP contribution in [0.25, 0.3) is 0 Å². The van der Waals surface area contributed by atoms with Crippen molar-refractivity contribution in [1.82, 2.24) is 10.1 Å². The van der Waals surface area contributed by atoms with Gasteiger partial charge in [0, 0.05) is 30.4 Å². The Morgan fingerprint density at radius 1 is 1.31 bits per heavy atom. The number of benzene rings is 1. The third-order valence-electron chi connectivity index (χ3n) is 5.81. The summed E-state index contributed by atoms with van der Waals surface area (Å²) in [5, 5.41) is 3.82. The normalized spacial score (nSPS) is 24.6. The lowest BCUT2D eigenvalue weighted by Crippen LogP contribution is -2.50. The van der Waals surface area contributed by atoms with Gasteiger partial charge < -0.3 is 14.3 Å². The molecule has 3 heterocycles. The minimum atomic E-state index is -0.216. The second kappa shape index (κ2) is 6.11. The number of carbonyl (C=O) groups excluding carboxylic acids is 1. The number of piperidine rings is 1. The second-order valence-corrected chi connectivity index (χ2v) is 8.04. The van der Waals surface area contributed by atoms with Crippen molar-refractivity contribution in [2.75, 3.05) is 18.0 Å². The van der Waals surface area contributed by atoms with Gasteiger partial charge in [-0.05, 0) is 63.8 Å². The van der Waals surface area contributed by atoms with Crippen LogP contribution in [0.15, 0.2) is 35.1 Å². The number of fused-ring (bicyclic) bond motifs is 1. The van der Waals surface area contributed by atoms with Crippen molar-refractivity contribution >= 4 is 11.6 Å². The molecule has 138 valence electrons. The number of nitrogens with zero attached hydrogens (tertiary/aromatic N) is 3. The first-order valence-electron chi connectivity index (χ1n) is 9.12. The summed E-state index contributed by atoms with van der Waals surface area (Å²) in [5.41, 5.74) is 2.21. The van der Waals surface area contributed by atoms with Gasteiger partial charge in [-0.3, -0.25) is 4.79 Å². The van der Waals surface area contributed by atoms with E-state index in [1.165, 1.54) is 18.4 Å². The predicted molar refractivity (Wildman–Crippen MR) is 96.6 cm³/mol. The van der Waals surface area contributed by atoms with E-state index in [2.05, 4.69) is 23.9 Å². The van der Waals surface area contributed by atoms with Crippen LogP contribution in [0.4, 0.5) is 10.1 Å². The number of aryl methyl sites for hydroxylation is 1. The van der Waals surface area contributed by atoms with Crippen molar-refractivity contribution in [2.24, 2.45) is 5.92 Å². The van der Waals surface area contributed by atoms with Crippen LogP contribution in [0, 0.1) is 18.7 Å². The summed E-state index contributed by atoms with van der Waals surface area (Å²) >= 11 is 0. The summed E-state index contributed by atoms with van der Waals surface area (Å²) in [5.74, 6) is 0.181. The molecule has 0 N–H and O–H groups in total. The lowest BCUT2D eigenvalue weighted by molar-refractivity contribution is 0.0666. The Kier molecular flexibility index (Phi) is 4.01. The predicted octanol–water partition coefficient (Wildman–Crippen LogP) is 3.64. The van der Waals surface area contributed by atoms with Crippen molar-refractivity contribution in [3.8, 4) is 0 Å². The third kappa shape index (κ3) is 2.77. The van der Waals surface area contributed by atoms with Gasteiger partial charge in [-0.15, -0.1) is 0 Å². The molecule has 6 heteroatoms. The van der Waals surface area contributed by atoms with Crippen LogP contribution >= 0.6 is 0 Å². The minimum absolute atomic E-state index is 0.000221. The quantitative estimate of drug-likeness (QED) is 0.823. The molecule has 5 nitrogen and oxygen atoms in total. The Labute approximate surface area is 152 Å². The molecule has 0 aliphatic carbocycles. The number of aromatic nitrogens is 1. The monoisotopic (exact) mass is 357 g/mol. The maximum absolute atomic E-state index is 13.3. The number of rotatable bonds is 2. The molecule has 2 aromatic rings. The van der Waals surface area contributed by atoms with Gasteiger partial charge in [0.05, 0.1) is 5.69 Å². The smallest absolute Gasteiger partial charge is 0.259 e. The van der Waals surface area contributed by atoms with E-state index >= 15 is 0 Å². The molecule has 1 amide bonds. The molecule has 0 unspecified atom stereocenters. The minimum Gasteiger partial charge on any atom is -0.364 e. The van der Waals surface area contributed by atoms with E-state index in [1.807, 2.05) is 17.0 Å². The summed E-state index contributed by atoms with van der Waals surface area (Å²) in [6.07, 6.45) is 3.34. The number of carbonyl (C=O) groups is 1. The molecule has 0 bridgehead atoms. The average molecular weight is 357 g/mol. The van der Waals surface area contributed by atoms with Gasteiger partial charge in [-0.2, -0.15) is 0 Å². The van der Waals surface area contributed by atoms with E-state index in [0.29, 0.717) is 29.8 Å². The van der Waals surface area contributed by atoms with Crippen LogP contribution < -0.4 is 4.90 Å². The van der Waals surface area contributed by atoms with Crippen LogP contribution in [0.5, 0.6) is 0 Å². The van der Waals surface area contributed by atoms with Gasteiger partial charge in [0.1, 0.15) is 17.6 Å². The molecule has 2 fully saturated rings. The van der Waals surface area contributed by atoms with E-state index in [9.17, 15) is 9.18 Å². The van der Waals surface area contributed by atoms with Crippen LogP contribution in [-0.2, 0) is 0 Å². The Morgan fingerprint density at radius 3 is 2.69 bits per heavy atom. The number of amides is 1. The van der Waals surface area contributed by atoms with Gasteiger partial charge >= 0.3 is 0 Å². The fraction of sp³-hybridized carbons (Fsp3) is 0.500. The Balaban J connectivity index is 1.55. The highest BCUT2D eigenvalue weighted by molar-refractivity contribution is 5.94. The van der Waals surface area contributed by atoms with Crippen molar-refractivity contribution in [3.63, 3.8) is 0 Å². The summed E-state index contributed by atoms with van der Waals surface area (Å²) in [6.45, 7) is 7.68. The van der Waals surface area contributed by atoms with Crippen LogP contribution in [0.1, 0.15) is 42.7 Å². The number of hydrogen-bond acceptors (Lipinski definition) is 4. The second-order valence-electron chi connectivity index (χ2n) is 8.04. The first-order chi connectivity index (χ1) is 12.4. The summed E-state index contributed by atoms with van der Waals surface area (Å²) in [6, 6.07) is 7.12. The zero-order valence-electron chi connectivity index (χ0n) is 15.4. The zero-order valence-corrected chi connectivity index (χ0v) is 15.4. The maximum atomic E-state index is 13.3. The largest absolute Gasteiger partial charge is 0.364 e. The molecule has 1 aromatic heterocycles. The SMILES string of the molecule is Cc1nocc1C(=O)N1CC[C@H]2[C@@H](C1)CC(C)(C)N2c1ccc(F)cc1. The highest BCUT2D eigenvalue weighted by Crippen LogP contribution is 2.44. The Morgan fingerprint density at radius 2 is 2.04 bits per heavy atom. The molecule has 2 aliphatic rings. The average Bonchev–Trinajstić information content (AvgIpc) is 3.13. The zero-order chi connectivity index (χ0) is 18.5. The molecule has 0 spiro atoms. The fourth-order valence-corrected chi connectivity index (χ4v) is 4.74. The molecule has 4 rings (SSSR count). The van der Waals surface area contributed by atoms with E-state index in [1.54, 1.807) is 6.92 Å². The first-order valence-corrected chi connectivity index (χ1v) is 9.12. The standard InChI is InChI=1S/C20H24FN3O2/c1-13-17(12-26-22-13)19(25)23-9-8-18-14(11-23)10-20(2,3)24(18)16-6-4-15(21)5-7-16/h4-7,12,14,18H,8-11H2,1-3H3/t14-,18+/m1/s1. The first kappa shape index (κ1) is 17.1. The van der Waals surface area contributed by atoms with Gasteiger partial charge in [0.2, 0.25) is 0 Å². The molecular weight excluding hydrogens is 333 g/mol. The van der Waals surface area contributed by atoms with Crippen LogP contribution in [-0.4, -0.2) is 40.6 Å². The highest BCUT2D eigenvalue weighted by atomic mass is 19.1. The lowest BCUT2D eigenvalue weighted by Gasteiger charge is -2.41. The van der Waals surface area contributed by atoms with Crippen molar-refractivity contribution in [2.45, 2.75) is 45.2 Å². The molecule has 26 heavy (non-hydrogen) atoms. The topological polar surface area (TPSA) is 49.6 Å². The number of halogens is 1. The van der Waals surface area contributed by atoms with E-state index in [4.69, 9.17) is 4.52 Å². The van der Waals surface area contributed by atoms with Crippen molar-refractivity contribution < 1.29 is 13.7 Å². The summed E-state index contributed by atoms with van der Waals surface area (Å²) in [4.78, 5) is 17.1. The number of anilines is 1. The number of hydrogen-bond donors (Lipinski definition) is 0. The van der Waals surface area contributed by atoms with Crippen LogP contribution in [0.2, 0.25) is 0 Å². The van der Waals surface area contributed by atoms with E-state index in [-0.39, 0.29) is 17.3 Å². The maximum Gasteiger partial charge on any atom is 0.259 e. The molecule has 0 saturated carbocycles. The van der Waals surface area contributed by atoms with Crippen molar-refractivity contribution in [1.29, 1.82) is 0 Å². The van der Waals surface area contributed by atoms with Gasteiger partial charge in [-0.25, -0.2) is 4.39 Å². The lowest BCUT2D eigenvalue weighted by atomic mass is 9.89. The summed E-state index contributed by atoms with van der Waals surface area (Å²) < 4.78 is 18.3. The van der Waals surface area contributed by atoms with E-state index < -0.39 is 0 Å². The molecule has 0 radical (unpaired) electrons.